The first-order chi connectivity index (χ1) is 13.7. The van der Waals surface area contributed by atoms with Crippen LogP contribution in [-0.4, -0.2) is 66.6 Å². The number of aromatic nitrogens is 2. The average molecular weight is 433 g/mol. The van der Waals surface area contributed by atoms with Crippen molar-refractivity contribution in [1.82, 2.24) is 14.9 Å². The molecule has 0 aliphatic carbocycles. The Kier molecular flexibility index (Phi) is 8.81. The maximum absolute atomic E-state index is 12.3. The van der Waals surface area contributed by atoms with E-state index in [4.69, 9.17) is 30.0 Å². The topological polar surface area (TPSA) is 173 Å². The standard InChI is InChI=1S/C15H29BN5O7P/c1-10-8-25-29(16,24)26-9-11(28-15(23)19-6-3-2-5-17)13(27-10)21-7-4-12(18)20-14(21)22/h4,7,10-11,13,24,29H,2-3,5-6,8-9,16-17H2,1H3,(H,19,23)(H2,18,20,22)/t10-,11-,13+/m0/s1. The third-order valence-corrected chi connectivity index (χ3v) is 5.48. The zero-order chi connectivity index (χ0) is 21.4. The maximum atomic E-state index is 12.3. The Balaban J connectivity index is 2.24. The van der Waals surface area contributed by atoms with Gasteiger partial charge in [0, 0.05) is 0 Å². The molecule has 0 bridgehead atoms. The summed E-state index contributed by atoms with van der Waals surface area (Å²) in [6.45, 7) is 2.38. The summed E-state index contributed by atoms with van der Waals surface area (Å²) < 4.78 is 23.4. The number of carbonyl (C=O) groups excluding carboxylic acids is 1. The summed E-state index contributed by atoms with van der Waals surface area (Å²) in [6, 6.07) is 1.42. The van der Waals surface area contributed by atoms with Gasteiger partial charge in [0.15, 0.2) is 0 Å². The van der Waals surface area contributed by atoms with Gasteiger partial charge < -0.3 is 0 Å². The van der Waals surface area contributed by atoms with Gasteiger partial charge in [0.05, 0.1) is 0 Å². The van der Waals surface area contributed by atoms with Gasteiger partial charge in [-0.15, -0.1) is 0 Å². The second kappa shape index (κ2) is 10.9. The third kappa shape index (κ3) is 7.54. The molecule has 0 aromatic carbocycles. The molecule has 1 aliphatic heterocycles. The molecular weight excluding hydrogens is 404 g/mol. The third-order valence-electron chi connectivity index (χ3n) is 4.08. The molecule has 3 atom stereocenters. The number of rotatable bonds is 6. The van der Waals surface area contributed by atoms with E-state index in [-0.39, 0.29) is 19.0 Å². The van der Waals surface area contributed by atoms with Gasteiger partial charge >= 0.3 is 169 Å². The molecule has 0 radical (unpaired) electrons. The molecule has 1 aliphatic rings. The number of alkyl carbamates (subject to hydrolysis) is 1. The van der Waals surface area contributed by atoms with Gasteiger partial charge in [0.2, 0.25) is 0 Å². The Morgan fingerprint density at radius 3 is 2.90 bits per heavy atom. The SMILES string of the molecule is B[PH]1(O)OC[C@H](OC(=O)NCCCCN)[C@H](n2ccc(N)nc2=O)O[C@@H](C)CO1. The van der Waals surface area contributed by atoms with Crippen molar-refractivity contribution < 1.29 is 28.2 Å². The monoisotopic (exact) mass is 433 g/mol. The number of nitrogens with one attached hydrogen (secondary N) is 1. The van der Waals surface area contributed by atoms with Crippen molar-refractivity contribution in [2.75, 3.05) is 32.0 Å². The first-order valence-electron chi connectivity index (χ1n) is 9.37. The van der Waals surface area contributed by atoms with Crippen molar-refractivity contribution in [3.05, 3.63) is 22.7 Å². The number of unbranched alkanes of at least 4 members (excludes halogenated alkanes) is 1. The van der Waals surface area contributed by atoms with E-state index >= 15 is 0 Å². The van der Waals surface area contributed by atoms with Crippen LogP contribution in [0.25, 0.3) is 0 Å². The van der Waals surface area contributed by atoms with Crippen molar-refractivity contribution in [1.29, 1.82) is 0 Å². The summed E-state index contributed by atoms with van der Waals surface area (Å²) in [6.07, 6.45) is -0.526. The molecule has 0 spiro atoms. The number of hydrogen-bond donors (Lipinski definition) is 4. The minimum atomic E-state index is -3.46. The molecule has 29 heavy (non-hydrogen) atoms. The molecule has 1 fully saturated rings. The summed E-state index contributed by atoms with van der Waals surface area (Å²) in [5.74, 6) is 0.0485. The molecule has 0 saturated carbocycles. The van der Waals surface area contributed by atoms with Crippen LogP contribution >= 0.6 is 7.82 Å². The average Bonchev–Trinajstić information content (AvgIpc) is 2.70. The van der Waals surface area contributed by atoms with Crippen LogP contribution in [0, 0.1) is 0 Å². The molecule has 2 heterocycles. The number of ether oxygens (including phenoxy) is 2. The normalized spacial score (nSPS) is 25.8. The fourth-order valence-electron chi connectivity index (χ4n) is 2.59. The minimum absolute atomic E-state index is 0.0326. The Morgan fingerprint density at radius 1 is 1.48 bits per heavy atom. The van der Waals surface area contributed by atoms with Gasteiger partial charge in [-0.2, -0.15) is 0 Å². The Labute approximate surface area is 169 Å². The van der Waals surface area contributed by atoms with Gasteiger partial charge in [-0.05, 0) is 0 Å². The quantitative estimate of drug-likeness (QED) is 0.239. The molecule has 164 valence electrons. The zero-order valence-corrected chi connectivity index (χ0v) is 17.6. The summed E-state index contributed by atoms with van der Waals surface area (Å²) in [7, 11) is -2.01. The molecular formula is C15H29BN5O7P. The predicted molar refractivity (Wildman–Crippen MR) is 110 cm³/mol. The molecule has 6 N–H and O–H groups in total. The molecule has 1 saturated heterocycles. The number of amides is 1. The first-order valence-corrected chi connectivity index (χ1v) is 11.6. The van der Waals surface area contributed by atoms with Crippen LogP contribution in [0.4, 0.5) is 10.6 Å². The summed E-state index contributed by atoms with van der Waals surface area (Å²) in [5.41, 5.74) is 10.3. The molecule has 1 aromatic heterocycles. The molecule has 1 amide bonds. The summed E-state index contributed by atoms with van der Waals surface area (Å²) >= 11 is 0. The van der Waals surface area contributed by atoms with Gasteiger partial charge in [0.25, 0.3) is 0 Å². The number of carbonyl (C=O) groups is 1. The fraction of sp³-hybridized carbons (Fsp3) is 0.667. The van der Waals surface area contributed by atoms with Crippen LogP contribution in [0.1, 0.15) is 26.0 Å². The molecule has 0 unspecified atom stereocenters. The number of nitrogens with zero attached hydrogens (tertiary/aromatic N) is 2. The van der Waals surface area contributed by atoms with Gasteiger partial charge in [0.1, 0.15) is 0 Å². The van der Waals surface area contributed by atoms with Crippen LogP contribution in [0.3, 0.4) is 0 Å². The number of hydrogen-bond acceptors (Lipinski definition) is 10. The van der Waals surface area contributed by atoms with E-state index in [0.29, 0.717) is 19.5 Å². The van der Waals surface area contributed by atoms with Crippen LogP contribution in [0.15, 0.2) is 17.1 Å². The van der Waals surface area contributed by atoms with Crippen molar-refractivity contribution in [3.63, 3.8) is 0 Å². The van der Waals surface area contributed by atoms with Crippen LogP contribution < -0.4 is 22.5 Å². The van der Waals surface area contributed by atoms with E-state index in [0.717, 1.165) is 11.0 Å². The van der Waals surface area contributed by atoms with Crippen LogP contribution in [0.2, 0.25) is 0 Å². The van der Waals surface area contributed by atoms with Crippen molar-refractivity contribution >= 4 is 27.3 Å². The molecule has 1 aromatic rings. The summed E-state index contributed by atoms with van der Waals surface area (Å²) in [5, 5.41) is 2.61. The van der Waals surface area contributed by atoms with Crippen molar-refractivity contribution in [3.8, 4) is 0 Å². The summed E-state index contributed by atoms with van der Waals surface area (Å²) in [4.78, 5) is 38.6. The van der Waals surface area contributed by atoms with Crippen molar-refractivity contribution in [2.24, 2.45) is 5.73 Å². The Morgan fingerprint density at radius 2 is 2.21 bits per heavy atom. The van der Waals surface area contributed by atoms with E-state index in [9.17, 15) is 14.5 Å². The fourth-order valence-corrected chi connectivity index (χ4v) is 3.69. The van der Waals surface area contributed by atoms with E-state index < -0.39 is 38.0 Å². The predicted octanol–water partition coefficient (Wildman–Crippen LogP) is -1.35. The number of anilines is 1. The molecule has 14 heteroatoms. The van der Waals surface area contributed by atoms with Gasteiger partial charge in [-0.1, -0.05) is 0 Å². The second-order valence-electron chi connectivity index (χ2n) is 6.77. The molecule has 2 rings (SSSR count). The second-order valence-corrected chi connectivity index (χ2v) is 9.14. The number of nitrogens with two attached hydrogens (primary N) is 2. The van der Waals surface area contributed by atoms with Gasteiger partial charge in [-0.3, -0.25) is 0 Å². The van der Waals surface area contributed by atoms with Crippen LogP contribution in [0.5, 0.6) is 0 Å². The van der Waals surface area contributed by atoms with E-state index in [1.54, 1.807) is 6.92 Å². The number of nitrogen functional groups attached to an aromatic ring is 1. The van der Waals surface area contributed by atoms with Crippen molar-refractivity contribution in [2.45, 2.75) is 38.2 Å². The first kappa shape index (κ1) is 23.5. The van der Waals surface area contributed by atoms with E-state index in [2.05, 4.69) is 10.3 Å². The van der Waals surface area contributed by atoms with Gasteiger partial charge in [-0.25, -0.2) is 0 Å². The zero-order valence-electron chi connectivity index (χ0n) is 16.6. The van der Waals surface area contributed by atoms with E-state index in [1.165, 1.54) is 19.8 Å². The Hall–Kier alpha value is -1.76. The Bertz CT molecular complexity index is 737. The van der Waals surface area contributed by atoms with Crippen LogP contribution in [-0.2, 0) is 18.5 Å². The van der Waals surface area contributed by atoms with E-state index in [1.807, 2.05) is 0 Å². The molecule has 12 nitrogen and oxygen atoms in total.